The lowest BCUT2D eigenvalue weighted by Crippen LogP contribution is -2.03. The fourth-order valence-corrected chi connectivity index (χ4v) is 1.51. The van der Waals surface area contributed by atoms with Gasteiger partial charge in [-0.3, -0.25) is 0 Å². The third-order valence-corrected chi connectivity index (χ3v) is 2.49. The molecule has 0 amide bonds. The van der Waals surface area contributed by atoms with Crippen molar-refractivity contribution >= 4 is 0 Å². The van der Waals surface area contributed by atoms with Gasteiger partial charge in [0.05, 0.1) is 17.2 Å². The van der Waals surface area contributed by atoms with E-state index in [1.54, 1.807) is 6.07 Å². The Labute approximate surface area is 107 Å². The SMILES string of the molecule is N#Cc1ccc(OCc2c(F)cccc2F)c(F)c1. The monoisotopic (exact) mass is 263 g/mol. The van der Waals surface area contributed by atoms with Crippen molar-refractivity contribution in [2.24, 2.45) is 0 Å². The number of ether oxygens (including phenoxy) is 1. The van der Waals surface area contributed by atoms with Crippen LogP contribution in [0.5, 0.6) is 5.75 Å². The molecular formula is C14H8F3NO. The van der Waals surface area contributed by atoms with Crippen LogP contribution in [0.4, 0.5) is 13.2 Å². The van der Waals surface area contributed by atoms with Gasteiger partial charge < -0.3 is 4.74 Å². The Bertz CT molecular complexity index is 629. The largest absolute Gasteiger partial charge is 0.486 e. The first-order valence-electron chi connectivity index (χ1n) is 5.37. The molecule has 0 aliphatic carbocycles. The Balaban J connectivity index is 2.17. The maximum Gasteiger partial charge on any atom is 0.166 e. The normalized spacial score (nSPS) is 10.0. The fraction of sp³-hybridized carbons (Fsp3) is 0.0714. The molecule has 0 heterocycles. The predicted molar refractivity (Wildman–Crippen MR) is 61.8 cm³/mol. The van der Waals surface area contributed by atoms with Crippen molar-refractivity contribution in [3.63, 3.8) is 0 Å². The number of halogens is 3. The van der Waals surface area contributed by atoms with Crippen LogP contribution in [0.2, 0.25) is 0 Å². The zero-order valence-electron chi connectivity index (χ0n) is 9.66. The van der Waals surface area contributed by atoms with Crippen molar-refractivity contribution in [1.29, 1.82) is 5.26 Å². The van der Waals surface area contributed by atoms with Gasteiger partial charge in [-0.1, -0.05) is 6.07 Å². The smallest absolute Gasteiger partial charge is 0.166 e. The first-order valence-corrected chi connectivity index (χ1v) is 5.37. The average Bonchev–Trinajstić information content (AvgIpc) is 2.39. The third-order valence-electron chi connectivity index (χ3n) is 2.49. The number of nitrogens with zero attached hydrogens (tertiary/aromatic N) is 1. The molecule has 5 heteroatoms. The van der Waals surface area contributed by atoms with Crippen LogP contribution in [0.15, 0.2) is 36.4 Å². The topological polar surface area (TPSA) is 33.0 Å². The number of benzene rings is 2. The molecule has 0 unspecified atom stereocenters. The Morgan fingerprint density at radius 2 is 1.68 bits per heavy atom. The number of hydrogen-bond acceptors (Lipinski definition) is 2. The van der Waals surface area contributed by atoms with Crippen LogP contribution < -0.4 is 4.74 Å². The highest BCUT2D eigenvalue weighted by molar-refractivity contribution is 5.36. The van der Waals surface area contributed by atoms with Crippen LogP contribution >= 0.6 is 0 Å². The molecule has 2 aromatic rings. The lowest BCUT2D eigenvalue weighted by Gasteiger charge is -2.08. The Kier molecular flexibility index (Phi) is 3.71. The summed E-state index contributed by atoms with van der Waals surface area (Å²) in [5.74, 6) is -2.43. The molecule has 0 saturated heterocycles. The van der Waals surface area contributed by atoms with Gasteiger partial charge in [-0.25, -0.2) is 13.2 Å². The van der Waals surface area contributed by atoms with Crippen LogP contribution in [0.25, 0.3) is 0 Å². The minimum Gasteiger partial charge on any atom is -0.486 e. The van der Waals surface area contributed by atoms with Gasteiger partial charge in [0, 0.05) is 0 Å². The van der Waals surface area contributed by atoms with Crippen molar-refractivity contribution in [2.45, 2.75) is 6.61 Å². The summed E-state index contributed by atoms with van der Waals surface area (Å²) in [7, 11) is 0. The molecule has 19 heavy (non-hydrogen) atoms. The van der Waals surface area contributed by atoms with Gasteiger partial charge in [0.25, 0.3) is 0 Å². The van der Waals surface area contributed by atoms with Crippen LogP contribution in [-0.4, -0.2) is 0 Å². The minimum absolute atomic E-state index is 0.141. The summed E-state index contributed by atoms with van der Waals surface area (Å²) in [6.07, 6.45) is 0. The highest BCUT2D eigenvalue weighted by Gasteiger charge is 2.11. The lowest BCUT2D eigenvalue weighted by molar-refractivity contribution is 0.278. The summed E-state index contributed by atoms with van der Waals surface area (Å²) in [5.41, 5.74) is -0.131. The molecule has 0 atom stereocenters. The maximum absolute atomic E-state index is 13.5. The molecule has 0 N–H and O–H groups in total. The van der Waals surface area contributed by atoms with E-state index in [0.29, 0.717) is 0 Å². The first-order chi connectivity index (χ1) is 9.11. The predicted octanol–water partition coefficient (Wildman–Crippen LogP) is 3.55. The first kappa shape index (κ1) is 13.0. The highest BCUT2D eigenvalue weighted by Crippen LogP contribution is 2.21. The molecule has 2 aromatic carbocycles. The molecule has 0 aliphatic heterocycles. The van der Waals surface area contributed by atoms with E-state index in [9.17, 15) is 13.2 Å². The van der Waals surface area contributed by atoms with E-state index in [4.69, 9.17) is 10.00 Å². The summed E-state index contributed by atoms with van der Waals surface area (Å²) in [6, 6.07) is 8.79. The second-order valence-corrected chi connectivity index (χ2v) is 3.75. The Morgan fingerprint density at radius 1 is 1.00 bits per heavy atom. The van der Waals surface area contributed by atoms with Crippen LogP contribution in [-0.2, 0) is 6.61 Å². The van der Waals surface area contributed by atoms with Gasteiger partial charge in [0.1, 0.15) is 18.2 Å². The van der Waals surface area contributed by atoms with E-state index in [0.717, 1.165) is 18.2 Å². The molecule has 0 saturated carbocycles. The molecule has 0 aliphatic rings. The summed E-state index contributed by atoms with van der Waals surface area (Å²) in [4.78, 5) is 0. The lowest BCUT2D eigenvalue weighted by atomic mass is 10.2. The van der Waals surface area contributed by atoms with Crippen LogP contribution in [0.3, 0.4) is 0 Å². The zero-order valence-corrected chi connectivity index (χ0v) is 9.66. The molecular weight excluding hydrogens is 255 g/mol. The number of nitriles is 1. The fourth-order valence-electron chi connectivity index (χ4n) is 1.51. The third kappa shape index (κ3) is 2.86. The van der Waals surface area contributed by atoms with Crippen molar-refractivity contribution < 1.29 is 17.9 Å². The van der Waals surface area contributed by atoms with E-state index in [1.807, 2.05) is 0 Å². The zero-order chi connectivity index (χ0) is 13.8. The number of rotatable bonds is 3. The van der Waals surface area contributed by atoms with E-state index < -0.39 is 24.1 Å². The summed E-state index contributed by atoms with van der Waals surface area (Å²) in [6.45, 7) is -0.429. The van der Waals surface area contributed by atoms with Gasteiger partial charge in [-0.05, 0) is 30.3 Å². The molecule has 0 radical (unpaired) electrons. The minimum atomic E-state index is -0.756. The van der Waals surface area contributed by atoms with Gasteiger partial charge in [-0.15, -0.1) is 0 Å². The summed E-state index contributed by atoms with van der Waals surface area (Å²) < 4.78 is 45.1. The molecule has 0 spiro atoms. The van der Waals surface area contributed by atoms with Gasteiger partial charge in [0.15, 0.2) is 11.6 Å². The van der Waals surface area contributed by atoms with Crippen molar-refractivity contribution in [3.05, 3.63) is 65.0 Å². The molecule has 0 fully saturated rings. The summed E-state index contributed by atoms with van der Waals surface area (Å²) >= 11 is 0. The molecule has 2 nitrogen and oxygen atoms in total. The second-order valence-electron chi connectivity index (χ2n) is 3.75. The van der Waals surface area contributed by atoms with Gasteiger partial charge in [0.2, 0.25) is 0 Å². The Hall–Kier alpha value is -2.48. The molecule has 0 bridgehead atoms. The summed E-state index contributed by atoms with van der Waals surface area (Å²) in [5, 5.41) is 8.58. The van der Waals surface area contributed by atoms with Crippen molar-refractivity contribution in [1.82, 2.24) is 0 Å². The van der Waals surface area contributed by atoms with Gasteiger partial charge in [-0.2, -0.15) is 5.26 Å². The van der Waals surface area contributed by atoms with Crippen LogP contribution in [0.1, 0.15) is 11.1 Å². The van der Waals surface area contributed by atoms with E-state index in [1.165, 1.54) is 18.2 Å². The van der Waals surface area contributed by atoms with E-state index >= 15 is 0 Å². The Morgan fingerprint density at radius 3 is 2.26 bits per heavy atom. The molecule has 2 rings (SSSR count). The van der Waals surface area contributed by atoms with E-state index in [2.05, 4.69) is 0 Å². The quantitative estimate of drug-likeness (QED) is 0.848. The molecule has 0 aromatic heterocycles. The molecule has 96 valence electrons. The van der Waals surface area contributed by atoms with Crippen molar-refractivity contribution in [2.75, 3.05) is 0 Å². The van der Waals surface area contributed by atoms with E-state index in [-0.39, 0.29) is 16.9 Å². The average molecular weight is 263 g/mol. The van der Waals surface area contributed by atoms with Crippen LogP contribution in [0, 0.1) is 28.8 Å². The standard InChI is InChI=1S/C14H8F3NO/c15-11-2-1-3-12(16)10(11)8-19-14-5-4-9(7-18)6-13(14)17/h1-6H,8H2. The number of hydrogen-bond donors (Lipinski definition) is 0. The van der Waals surface area contributed by atoms with Gasteiger partial charge >= 0.3 is 0 Å². The second kappa shape index (κ2) is 5.44. The van der Waals surface area contributed by atoms with Crippen molar-refractivity contribution in [3.8, 4) is 11.8 Å². The highest BCUT2D eigenvalue weighted by atomic mass is 19.1. The maximum atomic E-state index is 13.5.